The summed E-state index contributed by atoms with van der Waals surface area (Å²) in [4.78, 5) is 22.3. The second-order valence-corrected chi connectivity index (χ2v) is 7.64. The van der Waals surface area contributed by atoms with E-state index in [0.29, 0.717) is 6.54 Å². The lowest BCUT2D eigenvalue weighted by Crippen LogP contribution is -2.39. The molecular weight excluding hydrogens is 406 g/mol. The minimum atomic E-state index is -0.00345. The molecule has 0 aliphatic carbocycles. The van der Waals surface area contributed by atoms with E-state index in [4.69, 9.17) is 9.72 Å². The van der Waals surface area contributed by atoms with Crippen LogP contribution in [0.4, 0.5) is 5.13 Å². The van der Waals surface area contributed by atoms with Crippen LogP contribution in [0.15, 0.2) is 42.5 Å². The monoisotopic (exact) mass is 433 g/mol. The van der Waals surface area contributed by atoms with Crippen molar-refractivity contribution < 1.29 is 9.53 Å². The van der Waals surface area contributed by atoms with Gasteiger partial charge >= 0.3 is 0 Å². The number of hydrogen-bond acceptors (Lipinski definition) is 5. The van der Waals surface area contributed by atoms with E-state index >= 15 is 0 Å². The number of benzene rings is 2. The Labute approximate surface area is 182 Å². The van der Waals surface area contributed by atoms with Crippen molar-refractivity contribution >= 4 is 45.0 Å². The average molecular weight is 434 g/mol. The molecule has 0 N–H and O–H groups in total. The Morgan fingerprint density at radius 1 is 1.10 bits per heavy atom. The van der Waals surface area contributed by atoms with E-state index in [1.165, 1.54) is 0 Å². The predicted octanol–water partition coefficient (Wildman–Crippen LogP) is 5.02. The summed E-state index contributed by atoms with van der Waals surface area (Å²) >= 11 is 1.54. The van der Waals surface area contributed by atoms with Crippen LogP contribution in [-0.2, 0) is 0 Å². The van der Waals surface area contributed by atoms with Crippen LogP contribution >= 0.6 is 23.7 Å². The zero-order valence-electron chi connectivity index (χ0n) is 17.3. The van der Waals surface area contributed by atoms with E-state index in [9.17, 15) is 4.79 Å². The van der Waals surface area contributed by atoms with E-state index in [1.807, 2.05) is 54.3 Å². The Bertz CT molecular complexity index is 956. The van der Waals surface area contributed by atoms with E-state index in [0.717, 1.165) is 51.9 Å². The molecular formula is C22H28ClN3O2S. The maximum atomic E-state index is 13.4. The minimum absolute atomic E-state index is 0. The van der Waals surface area contributed by atoms with E-state index in [1.54, 1.807) is 18.4 Å². The Morgan fingerprint density at radius 3 is 2.48 bits per heavy atom. The number of aryl methyl sites for hydroxylation is 1. The van der Waals surface area contributed by atoms with Crippen LogP contribution in [0.3, 0.4) is 0 Å². The van der Waals surface area contributed by atoms with Crippen molar-refractivity contribution in [2.75, 3.05) is 38.2 Å². The highest BCUT2D eigenvalue weighted by atomic mass is 35.5. The number of anilines is 1. The normalized spacial score (nSPS) is 10.8. The number of carbonyl (C=O) groups excluding carboxylic acids is 1. The van der Waals surface area contributed by atoms with Gasteiger partial charge in [0.1, 0.15) is 5.75 Å². The lowest BCUT2D eigenvalue weighted by Gasteiger charge is -2.25. The van der Waals surface area contributed by atoms with Crippen molar-refractivity contribution in [1.29, 1.82) is 0 Å². The molecule has 0 aliphatic heterocycles. The Balaban J connectivity index is 0.00000300. The molecule has 1 amide bonds. The molecule has 0 aliphatic rings. The number of carbonyl (C=O) groups is 1. The fourth-order valence-electron chi connectivity index (χ4n) is 3.16. The summed E-state index contributed by atoms with van der Waals surface area (Å²) in [5.41, 5.74) is 2.55. The number of rotatable bonds is 8. The maximum Gasteiger partial charge on any atom is 0.260 e. The van der Waals surface area contributed by atoms with Crippen LogP contribution in [0.2, 0.25) is 0 Å². The second kappa shape index (κ2) is 10.6. The number of aromatic nitrogens is 1. The van der Waals surface area contributed by atoms with Gasteiger partial charge in [0.25, 0.3) is 5.91 Å². The van der Waals surface area contributed by atoms with Crippen molar-refractivity contribution in [3.63, 3.8) is 0 Å². The number of halogens is 1. The zero-order chi connectivity index (χ0) is 20.1. The molecule has 0 bridgehead atoms. The molecule has 29 heavy (non-hydrogen) atoms. The number of thiazole rings is 1. The highest BCUT2D eigenvalue weighted by molar-refractivity contribution is 7.22. The van der Waals surface area contributed by atoms with E-state index in [-0.39, 0.29) is 18.3 Å². The third-order valence-electron chi connectivity index (χ3n) is 4.97. The Hall–Kier alpha value is -2.15. The van der Waals surface area contributed by atoms with Gasteiger partial charge in [0.2, 0.25) is 0 Å². The SMILES string of the molecule is CCN(CC)CCN(C(=O)c1ccccc1C)c1nc2cc(OC)ccc2s1.Cl. The van der Waals surface area contributed by atoms with Gasteiger partial charge < -0.3 is 9.64 Å². The van der Waals surface area contributed by atoms with Crippen LogP contribution in [-0.4, -0.2) is 49.1 Å². The summed E-state index contributed by atoms with van der Waals surface area (Å²) in [7, 11) is 1.65. The topological polar surface area (TPSA) is 45.7 Å². The van der Waals surface area contributed by atoms with Crippen LogP contribution in [0.1, 0.15) is 29.8 Å². The maximum absolute atomic E-state index is 13.4. The van der Waals surface area contributed by atoms with Gasteiger partial charge in [-0.2, -0.15) is 0 Å². The summed E-state index contributed by atoms with van der Waals surface area (Å²) in [6.07, 6.45) is 0. The van der Waals surface area contributed by atoms with Gasteiger partial charge in [-0.25, -0.2) is 4.98 Å². The van der Waals surface area contributed by atoms with Crippen molar-refractivity contribution in [3.8, 4) is 5.75 Å². The average Bonchev–Trinajstić information content (AvgIpc) is 3.14. The highest BCUT2D eigenvalue weighted by Gasteiger charge is 2.23. The molecule has 156 valence electrons. The van der Waals surface area contributed by atoms with Crippen molar-refractivity contribution in [2.45, 2.75) is 20.8 Å². The molecule has 0 saturated carbocycles. The third-order valence-corrected chi connectivity index (χ3v) is 6.03. The van der Waals surface area contributed by atoms with Crippen LogP contribution in [0.5, 0.6) is 5.75 Å². The lowest BCUT2D eigenvalue weighted by atomic mass is 10.1. The minimum Gasteiger partial charge on any atom is -0.497 e. The number of likely N-dealkylation sites (N-methyl/N-ethyl adjacent to an activating group) is 1. The summed E-state index contributed by atoms with van der Waals surface area (Å²) in [6, 6.07) is 13.6. The molecule has 0 unspecified atom stereocenters. The molecule has 0 radical (unpaired) electrons. The molecule has 7 heteroatoms. The van der Waals surface area contributed by atoms with Crippen LogP contribution in [0.25, 0.3) is 10.2 Å². The predicted molar refractivity (Wildman–Crippen MR) is 124 cm³/mol. The summed E-state index contributed by atoms with van der Waals surface area (Å²) < 4.78 is 6.35. The first-order valence-corrected chi connectivity index (χ1v) is 10.4. The first kappa shape index (κ1) is 23.1. The Kier molecular flexibility index (Phi) is 8.44. The largest absolute Gasteiger partial charge is 0.497 e. The number of fused-ring (bicyclic) bond motifs is 1. The summed E-state index contributed by atoms with van der Waals surface area (Å²) in [5, 5.41) is 0.726. The molecule has 5 nitrogen and oxygen atoms in total. The molecule has 0 atom stereocenters. The molecule has 3 rings (SSSR count). The van der Waals surface area contributed by atoms with Crippen molar-refractivity contribution in [3.05, 3.63) is 53.6 Å². The van der Waals surface area contributed by atoms with Gasteiger partial charge in [-0.15, -0.1) is 12.4 Å². The van der Waals surface area contributed by atoms with Gasteiger partial charge in [0.05, 0.1) is 17.3 Å². The fraction of sp³-hybridized carbons (Fsp3) is 0.364. The molecule has 0 spiro atoms. The summed E-state index contributed by atoms with van der Waals surface area (Å²) in [6.45, 7) is 9.58. The van der Waals surface area contributed by atoms with Gasteiger partial charge in [-0.05, 0) is 43.8 Å². The van der Waals surface area contributed by atoms with Gasteiger partial charge in [0.15, 0.2) is 5.13 Å². The number of methoxy groups -OCH3 is 1. The number of amides is 1. The molecule has 0 fully saturated rings. The van der Waals surface area contributed by atoms with Crippen LogP contribution in [0, 0.1) is 6.92 Å². The zero-order valence-corrected chi connectivity index (χ0v) is 19.0. The molecule has 3 aromatic rings. The quantitative estimate of drug-likeness (QED) is 0.500. The number of ether oxygens (including phenoxy) is 1. The van der Waals surface area contributed by atoms with Gasteiger partial charge in [-0.3, -0.25) is 9.69 Å². The van der Waals surface area contributed by atoms with Crippen molar-refractivity contribution in [2.24, 2.45) is 0 Å². The summed E-state index contributed by atoms with van der Waals surface area (Å²) in [5.74, 6) is 0.764. The molecule has 2 aromatic carbocycles. The van der Waals surface area contributed by atoms with Gasteiger partial charge in [0, 0.05) is 24.7 Å². The first-order chi connectivity index (χ1) is 13.6. The third kappa shape index (κ3) is 5.26. The number of hydrogen-bond donors (Lipinski definition) is 0. The number of nitrogens with zero attached hydrogens (tertiary/aromatic N) is 3. The molecule has 1 heterocycles. The lowest BCUT2D eigenvalue weighted by molar-refractivity contribution is 0.0983. The first-order valence-electron chi connectivity index (χ1n) is 9.61. The van der Waals surface area contributed by atoms with E-state index in [2.05, 4.69) is 18.7 Å². The smallest absolute Gasteiger partial charge is 0.260 e. The highest BCUT2D eigenvalue weighted by Crippen LogP contribution is 2.32. The Morgan fingerprint density at radius 2 is 1.83 bits per heavy atom. The standard InChI is InChI=1S/C22H27N3O2S.ClH/c1-5-24(6-2)13-14-25(21(26)18-10-8-7-9-16(18)3)22-23-19-15-17(27-4)11-12-20(19)28-22;/h7-12,15H,5-6,13-14H2,1-4H3;1H. The van der Waals surface area contributed by atoms with Gasteiger partial charge in [-0.1, -0.05) is 43.4 Å². The molecule has 0 saturated heterocycles. The fourth-order valence-corrected chi connectivity index (χ4v) is 4.13. The van der Waals surface area contributed by atoms with Crippen molar-refractivity contribution in [1.82, 2.24) is 9.88 Å². The van der Waals surface area contributed by atoms with Crippen LogP contribution < -0.4 is 9.64 Å². The second-order valence-electron chi connectivity index (χ2n) is 6.63. The molecule has 1 aromatic heterocycles. The van der Waals surface area contributed by atoms with E-state index < -0.39 is 0 Å².